The first-order chi connectivity index (χ1) is 11.3. The van der Waals surface area contributed by atoms with E-state index >= 15 is 0 Å². The van der Waals surface area contributed by atoms with Crippen molar-refractivity contribution in [3.63, 3.8) is 0 Å². The van der Waals surface area contributed by atoms with Crippen LogP contribution in [0.25, 0.3) is 0 Å². The molecule has 0 aliphatic heterocycles. The second-order valence-corrected chi connectivity index (χ2v) is 9.41. The van der Waals surface area contributed by atoms with Gasteiger partial charge in [0.15, 0.2) is 0 Å². The summed E-state index contributed by atoms with van der Waals surface area (Å²) in [5, 5.41) is 0. The van der Waals surface area contributed by atoms with Gasteiger partial charge in [-0.2, -0.15) is 0 Å². The largest absolute Gasteiger partial charge is 0.240 e. The van der Waals surface area contributed by atoms with E-state index in [-0.39, 0.29) is 5.41 Å². The van der Waals surface area contributed by atoms with Crippen molar-refractivity contribution < 1.29 is 8.42 Å². The van der Waals surface area contributed by atoms with Crippen LogP contribution in [-0.2, 0) is 15.4 Å². The Labute approximate surface area is 149 Å². The van der Waals surface area contributed by atoms with Gasteiger partial charge in [0.1, 0.15) is 0 Å². The first-order valence-corrected chi connectivity index (χ1v) is 10.9. The fraction of sp³-hybridized carbons (Fsp3) is 0.700. The van der Waals surface area contributed by atoms with Crippen LogP contribution in [0.3, 0.4) is 0 Å². The number of benzene rings is 1. The Bertz CT molecular complexity index is 556. The van der Waals surface area contributed by atoms with Crippen LogP contribution in [0, 0.1) is 0 Å². The third kappa shape index (κ3) is 7.80. The molecule has 4 heteroatoms. The summed E-state index contributed by atoms with van der Waals surface area (Å²) in [7, 11) is -3.38. The molecule has 0 heterocycles. The molecule has 1 N–H and O–H groups in total. The number of rotatable bonds is 11. The van der Waals surface area contributed by atoms with Crippen molar-refractivity contribution in [2.75, 3.05) is 6.54 Å². The smallest absolute Gasteiger partial charge is 0.211 e. The van der Waals surface area contributed by atoms with Crippen LogP contribution >= 0.6 is 0 Å². The normalized spacial score (nSPS) is 12.5. The molecule has 0 bridgehead atoms. The maximum atomic E-state index is 12.3. The van der Waals surface area contributed by atoms with Crippen molar-refractivity contribution in [3.8, 4) is 0 Å². The first-order valence-electron chi connectivity index (χ1n) is 9.37. The topological polar surface area (TPSA) is 46.2 Å². The van der Waals surface area contributed by atoms with E-state index in [1.165, 1.54) is 38.5 Å². The first kappa shape index (κ1) is 21.2. The summed E-state index contributed by atoms with van der Waals surface area (Å²) >= 11 is 0. The molecular formula is C20H35NO2S. The van der Waals surface area contributed by atoms with E-state index in [0.717, 1.165) is 18.4 Å². The van der Waals surface area contributed by atoms with Gasteiger partial charge in [-0.05, 0) is 29.5 Å². The lowest BCUT2D eigenvalue weighted by Gasteiger charge is -2.19. The molecule has 0 unspecified atom stereocenters. The predicted octanol–water partition coefficient (Wildman–Crippen LogP) is 5.40. The zero-order valence-electron chi connectivity index (χ0n) is 15.9. The van der Waals surface area contributed by atoms with Gasteiger partial charge in [0.05, 0.1) is 4.90 Å². The maximum absolute atomic E-state index is 12.3. The maximum Gasteiger partial charge on any atom is 0.240 e. The minimum atomic E-state index is -3.38. The highest BCUT2D eigenvalue weighted by atomic mass is 32.2. The fourth-order valence-corrected chi connectivity index (χ4v) is 3.76. The highest BCUT2D eigenvalue weighted by Crippen LogP contribution is 2.23. The van der Waals surface area contributed by atoms with Gasteiger partial charge in [-0.25, -0.2) is 13.1 Å². The van der Waals surface area contributed by atoms with Crippen LogP contribution in [0.15, 0.2) is 29.2 Å². The van der Waals surface area contributed by atoms with Crippen molar-refractivity contribution in [1.29, 1.82) is 0 Å². The minimum absolute atomic E-state index is 0.0346. The van der Waals surface area contributed by atoms with Gasteiger partial charge in [-0.1, -0.05) is 84.8 Å². The van der Waals surface area contributed by atoms with Gasteiger partial charge in [-0.15, -0.1) is 0 Å². The summed E-state index contributed by atoms with van der Waals surface area (Å²) in [4.78, 5) is 0.357. The standard InChI is InChI=1S/C20H35NO2S/c1-5-6-7-8-9-10-11-12-17-21-24(22,23)19-15-13-18(14-16-19)20(2,3)4/h13-16,21H,5-12,17H2,1-4H3. The van der Waals surface area contributed by atoms with E-state index in [4.69, 9.17) is 0 Å². The molecule has 0 aromatic heterocycles. The van der Waals surface area contributed by atoms with Crippen LogP contribution in [-0.4, -0.2) is 15.0 Å². The zero-order chi connectivity index (χ0) is 18.1. The summed E-state index contributed by atoms with van der Waals surface area (Å²) in [6.07, 6.45) is 9.71. The van der Waals surface area contributed by atoms with Crippen LogP contribution < -0.4 is 4.72 Å². The average molecular weight is 354 g/mol. The fourth-order valence-electron chi connectivity index (χ4n) is 2.68. The molecule has 0 fully saturated rings. The molecule has 24 heavy (non-hydrogen) atoms. The molecule has 0 saturated heterocycles. The van der Waals surface area contributed by atoms with Gasteiger partial charge in [0.2, 0.25) is 10.0 Å². The summed E-state index contributed by atoms with van der Waals surface area (Å²) < 4.78 is 27.3. The molecular weight excluding hydrogens is 318 g/mol. The predicted molar refractivity (Wildman–Crippen MR) is 103 cm³/mol. The SMILES string of the molecule is CCCCCCCCCCNS(=O)(=O)c1ccc(C(C)(C)C)cc1. The summed E-state index contributed by atoms with van der Waals surface area (Å²) in [5.74, 6) is 0. The lowest BCUT2D eigenvalue weighted by Crippen LogP contribution is -2.25. The Morgan fingerprint density at radius 1 is 0.833 bits per heavy atom. The van der Waals surface area contributed by atoms with Gasteiger partial charge in [0, 0.05) is 6.54 Å². The molecule has 138 valence electrons. The van der Waals surface area contributed by atoms with E-state index in [2.05, 4.69) is 32.4 Å². The van der Waals surface area contributed by atoms with E-state index in [1.54, 1.807) is 12.1 Å². The molecule has 1 aromatic rings. The summed E-state index contributed by atoms with van der Waals surface area (Å²) in [6, 6.07) is 7.23. The Hall–Kier alpha value is -0.870. The van der Waals surface area contributed by atoms with E-state index < -0.39 is 10.0 Å². The number of sulfonamides is 1. The van der Waals surface area contributed by atoms with E-state index in [1.807, 2.05) is 12.1 Å². The number of unbranched alkanes of at least 4 members (excludes halogenated alkanes) is 7. The van der Waals surface area contributed by atoms with E-state index in [9.17, 15) is 8.42 Å². The van der Waals surface area contributed by atoms with Crippen LogP contribution in [0.1, 0.15) is 84.6 Å². The number of hydrogen-bond donors (Lipinski definition) is 1. The average Bonchev–Trinajstić information content (AvgIpc) is 2.52. The van der Waals surface area contributed by atoms with Crippen LogP contribution in [0.5, 0.6) is 0 Å². The monoisotopic (exact) mass is 353 g/mol. The van der Waals surface area contributed by atoms with Crippen molar-refractivity contribution in [1.82, 2.24) is 4.72 Å². The second-order valence-electron chi connectivity index (χ2n) is 7.65. The molecule has 0 amide bonds. The summed E-state index contributed by atoms with van der Waals surface area (Å²) in [6.45, 7) is 9.12. The number of nitrogens with one attached hydrogen (secondary N) is 1. The van der Waals surface area contributed by atoms with Crippen molar-refractivity contribution in [2.45, 2.75) is 89.4 Å². The molecule has 0 aliphatic rings. The Morgan fingerprint density at radius 3 is 1.83 bits per heavy atom. The van der Waals surface area contributed by atoms with Crippen molar-refractivity contribution in [2.24, 2.45) is 0 Å². The second kappa shape index (κ2) is 10.2. The molecule has 0 saturated carbocycles. The highest BCUT2D eigenvalue weighted by molar-refractivity contribution is 7.89. The lowest BCUT2D eigenvalue weighted by atomic mass is 9.87. The molecule has 1 aromatic carbocycles. The van der Waals surface area contributed by atoms with Crippen molar-refractivity contribution in [3.05, 3.63) is 29.8 Å². The molecule has 3 nitrogen and oxygen atoms in total. The molecule has 1 rings (SSSR count). The Kier molecular flexibility index (Phi) is 8.99. The molecule has 0 atom stereocenters. The number of hydrogen-bond acceptors (Lipinski definition) is 2. The quantitative estimate of drug-likeness (QED) is 0.541. The zero-order valence-corrected chi connectivity index (χ0v) is 16.7. The van der Waals surface area contributed by atoms with Crippen molar-refractivity contribution >= 4 is 10.0 Å². The van der Waals surface area contributed by atoms with Gasteiger partial charge >= 0.3 is 0 Å². The Morgan fingerprint density at radius 2 is 1.33 bits per heavy atom. The Balaban J connectivity index is 2.31. The van der Waals surface area contributed by atoms with Gasteiger partial charge < -0.3 is 0 Å². The third-order valence-electron chi connectivity index (χ3n) is 4.35. The third-order valence-corrected chi connectivity index (χ3v) is 5.83. The molecule has 0 radical (unpaired) electrons. The van der Waals surface area contributed by atoms with Gasteiger partial charge in [-0.3, -0.25) is 0 Å². The van der Waals surface area contributed by atoms with Gasteiger partial charge in [0.25, 0.3) is 0 Å². The molecule has 0 spiro atoms. The summed E-state index contributed by atoms with van der Waals surface area (Å²) in [5.41, 5.74) is 1.18. The minimum Gasteiger partial charge on any atom is -0.211 e. The van der Waals surface area contributed by atoms with Crippen LogP contribution in [0.4, 0.5) is 0 Å². The lowest BCUT2D eigenvalue weighted by molar-refractivity contribution is 0.558. The van der Waals surface area contributed by atoms with E-state index in [0.29, 0.717) is 11.4 Å². The molecule has 0 aliphatic carbocycles. The highest BCUT2D eigenvalue weighted by Gasteiger charge is 2.17. The van der Waals surface area contributed by atoms with Crippen LogP contribution in [0.2, 0.25) is 0 Å².